The quantitative estimate of drug-likeness (QED) is 0.863. The lowest BCUT2D eigenvalue weighted by Gasteiger charge is -2.40. The van der Waals surface area contributed by atoms with Crippen LogP contribution in [0.1, 0.15) is 38.3 Å². The predicted octanol–water partition coefficient (Wildman–Crippen LogP) is 3.14. The van der Waals surface area contributed by atoms with Gasteiger partial charge in [0.2, 0.25) is 0 Å². The lowest BCUT2D eigenvalue weighted by molar-refractivity contribution is 0.150. The summed E-state index contributed by atoms with van der Waals surface area (Å²) in [6.07, 6.45) is 2.66. The first-order valence-corrected chi connectivity index (χ1v) is 6.72. The average Bonchev–Trinajstić information content (AvgIpc) is 2.65. The van der Waals surface area contributed by atoms with Gasteiger partial charge < -0.3 is 10.1 Å². The third kappa shape index (κ3) is 2.06. The highest BCUT2D eigenvalue weighted by Crippen LogP contribution is 2.37. The van der Waals surface area contributed by atoms with Gasteiger partial charge in [-0.05, 0) is 30.7 Å². The first-order chi connectivity index (χ1) is 8.24. The highest BCUT2D eigenvalue weighted by Gasteiger charge is 2.34. The van der Waals surface area contributed by atoms with Gasteiger partial charge in [-0.2, -0.15) is 0 Å². The smallest absolute Gasteiger partial charge is 0.124 e. The molecule has 1 atom stereocenters. The molecule has 2 aliphatic rings. The van der Waals surface area contributed by atoms with Gasteiger partial charge in [0.1, 0.15) is 12.4 Å². The van der Waals surface area contributed by atoms with Crippen LogP contribution >= 0.6 is 0 Å². The van der Waals surface area contributed by atoms with Crippen LogP contribution < -0.4 is 10.1 Å². The van der Waals surface area contributed by atoms with Crippen molar-refractivity contribution in [3.05, 3.63) is 29.8 Å². The summed E-state index contributed by atoms with van der Waals surface area (Å²) in [6.45, 7) is 5.45. The molecular weight excluding hydrogens is 210 g/mol. The molecule has 17 heavy (non-hydrogen) atoms. The van der Waals surface area contributed by atoms with Crippen molar-refractivity contribution in [1.82, 2.24) is 5.32 Å². The Bertz CT molecular complexity index is 396. The van der Waals surface area contributed by atoms with Crippen molar-refractivity contribution in [2.24, 2.45) is 11.8 Å². The number of nitrogens with one attached hydrogen (secondary N) is 1. The normalized spacial score (nSPS) is 30.9. The predicted molar refractivity (Wildman–Crippen MR) is 69.2 cm³/mol. The number of ether oxygens (including phenoxy) is 1. The summed E-state index contributed by atoms with van der Waals surface area (Å²) in [5.41, 5.74) is 1.33. The number of hydrogen-bond donors (Lipinski definition) is 1. The monoisotopic (exact) mass is 231 g/mol. The molecule has 0 amide bonds. The van der Waals surface area contributed by atoms with Crippen molar-refractivity contribution < 1.29 is 4.74 Å². The van der Waals surface area contributed by atoms with Crippen LogP contribution in [0.5, 0.6) is 5.75 Å². The minimum Gasteiger partial charge on any atom is -0.491 e. The maximum Gasteiger partial charge on any atom is 0.124 e. The van der Waals surface area contributed by atoms with Gasteiger partial charge in [-0.1, -0.05) is 32.0 Å². The van der Waals surface area contributed by atoms with Crippen LogP contribution in [0.25, 0.3) is 0 Å². The molecule has 0 saturated heterocycles. The topological polar surface area (TPSA) is 21.3 Å². The summed E-state index contributed by atoms with van der Waals surface area (Å²) in [4.78, 5) is 0. The van der Waals surface area contributed by atoms with Gasteiger partial charge in [0.15, 0.2) is 0 Å². The van der Waals surface area contributed by atoms with Gasteiger partial charge in [-0.3, -0.25) is 0 Å². The molecule has 0 spiro atoms. The van der Waals surface area contributed by atoms with E-state index in [0.29, 0.717) is 12.1 Å². The fourth-order valence-electron chi connectivity index (χ4n) is 2.93. The number of hydrogen-bond acceptors (Lipinski definition) is 2. The second-order valence-electron chi connectivity index (χ2n) is 5.74. The Hall–Kier alpha value is -1.02. The summed E-state index contributed by atoms with van der Waals surface area (Å²) in [6, 6.07) is 9.48. The summed E-state index contributed by atoms with van der Waals surface area (Å²) >= 11 is 0. The van der Waals surface area contributed by atoms with Gasteiger partial charge >= 0.3 is 0 Å². The molecule has 1 aliphatic carbocycles. The van der Waals surface area contributed by atoms with Gasteiger partial charge in [-0.15, -0.1) is 0 Å². The number of benzene rings is 1. The molecule has 0 bridgehead atoms. The summed E-state index contributed by atoms with van der Waals surface area (Å²) in [5, 5.41) is 3.73. The molecule has 1 unspecified atom stereocenters. The molecule has 1 aromatic carbocycles. The van der Waals surface area contributed by atoms with E-state index < -0.39 is 0 Å². The fraction of sp³-hybridized carbons (Fsp3) is 0.600. The second-order valence-corrected chi connectivity index (χ2v) is 5.74. The van der Waals surface area contributed by atoms with E-state index in [0.717, 1.165) is 24.2 Å². The molecule has 1 aliphatic heterocycles. The molecule has 1 aromatic rings. The molecule has 3 rings (SSSR count). The Morgan fingerprint density at radius 1 is 1.24 bits per heavy atom. The van der Waals surface area contributed by atoms with Crippen LogP contribution in [0.15, 0.2) is 24.3 Å². The van der Waals surface area contributed by atoms with Crippen LogP contribution in [0.2, 0.25) is 0 Å². The molecule has 2 heteroatoms. The molecule has 2 nitrogen and oxygen atoms in total. The van der Waals surface area contributed by atoms with Gasteiger partial charge in [0.05, 0.1) is 6.04 Å². The lowest BCUT2D eigenvalue weighted by Crippen LogP contribution is -2.44. The maximum absolute atomic E-state index is 5.69. The Morgan fingerprint density at radius 3 is 2.76 bits per heavy atom. The maximum atomic E-state index is 5.69. The Kier molecular flexibility index (Phi) is 2.83. The highest BCUT2D eigenvalue weighted by atomic mass is 16.5. The average molecular weight is 231 g/mol. The highest BCUT2D eigenvalue weighted by molar-refractivity contribution is 5.39. The van der Waals surface area contributed by atoms with Gasteiger partial charge in [-0.25, -0.2) is 0 Å². The number of para-hydroxylation sites is 1. The number of rotatable bonds is 3. The van der Waals surface area contributed by atoms with Gasteiger partial charge in [0, 0.05) is 11.6 Å². The molecule has 1 saturated carbocycles. The molecule has 0 aromatic heterocycles. The Balaban J connectivity index is 1.58. The standard InChI is InChI=1S/C15H21NO/c1-10(2)11-7-12(8-11)16-14-9-17-15-6-4-3-5-13(14)15/h3-6,10-12,14,16H,7-9H2,1-2H3. The van der Waals surface area contributed by atoms with Crippen molar-refractivity contribution in [2.75, 3.05) is 6.61 Å². The zero-order chi connectivity index (χ0) is 11.8. The first-order valence-electron chi connectivity index (χ1n) is 6.72. The van der Waals surface area contributed by atoms with Crippen LogP contribution in [-0.2, 0) is 0 Å². The molecule has 92 valence electrons. The minimum atomic E-state index is 0.407. The van der Waals surface area contributed by atoms with E-state index in [1.54, 1.807) is 0 Å². The van der Waals surface area contributed by atoms with E-state index in [1.807, 2.05) is 6.07 Å². The van der Waals surface area contributed by atoms with E-state index in [1.165, 1.54) is 18.4 Å². The van der Waals surface area contributed by atoms with E-state index in [9.17, 15) is 0 Å². The SMILES string of the molecule is CC(C)C1CC(NC2COc3ccccc32)C1. The third-order valence-corrected chi connectivity index (χ3v) is 4.25. The van der Waals surface area contributed by atoms with Crippen molar-refractivity contribution in [2.45, 2.75) is 38.8 Å². The summed E-state index contributed by atoms with van der Waals surface area (Å²) < 4.78 is 5.69. The number of fused-ring (bicyclic) bond motifs is 1. The zero-order valence-corrected chi connectivity index (χ0v) is 10.6. The van der Waals surface area contributed by atoms with Crippen LogP contribution in [0.4, 0.5) is 0 Å². The van der Waals surface area contributed by atoms with Crippen molar-refractivity contribution in [1.29, 1.82) is 0 Å². The van der Waals surface area contributed by atoms with Crippen LogP contribution in [0.3, 0.4) is 0 Å². The first kappa shape index (κ1) is 11.1. The van der Waals surface area contributed by atoms with Crippen molar-refractivity contribution in [3.8, 4) is 5.75 Å². The Morgan fingerprint density at radius 2 is 2.00 bits per heavy atom. The van der Waals surface area contributed by atoms with E-state index in [4.69, 9.17) is 4.74 Å². The zero-order valence-electron chi connectivity index (χ0n) is 10.6. The van der Waals surface area contributed by atoms with E-state index >= 15 is 0 Å². The van der Waals surface area contributed by atoms with Gasteiger partial charge in [0.25, 0.3) is 0 Å². The molecule has 0 radical (unpaired) electrons. The third-order valence-electron chi connectivity index (χ3n) is 4.25. The Labute approximate surface area is 103 Å². The van der Waals surface area contributed by atoms with Crippen molar-refractivity contribution >= 4 is 0 Å². The van der Waals surface area contributed by atoms with E-state index in [-0.39, 0.29) is 0 Å². The van der Waals surface area contributed by atoms with Crippen molar-refractivity contribution in [3.63, 3.8) is 0 Å². The largest absolute Gasteiger partial charge is 0.491 e. The fourth-order valence-corrected chi connectivity index (χ4v) is 2.93. The summed E-state index contributed by atoms with van der Waals surface area (Å²) in [5.74, 6) is 2.81. The molecular formula is C15H21NO. The molecule has 1 fully saturated rings. The minimum absolute atomic E-state index is 0.407. The second kappa shape index (κ2) is 4.34. The van der Waals surface area contributed by atoms with E-state index in [2.05, 4.69) is 37.4 Å². The molecule has 1 N–H and O–H groups in total. The molecule has 1 heterocycles. The van der Waals surface area contributed by atoms with Crippen LogP contribution in [0, 0.1) is 11.8 Å². The van der Waals surface area contributed by atoms with Crippen LogP contribution in [-0.4, -0.2) is 12.6 Å². The lowest BCUT2D eigenvalue weighted by atomic mass is 9.73. The summed E-state index contributed by atoms with van der Waals surface area (Å²) in [7, 11) is 0.